The highest BCUT2D eigenvalue weighted by Gasteiger charge is 2.19. The fourth-order valence-corrected chi connectivity index (χ4v) is 6.14. The molecule has 42 heavy (non-hydrogen) atoms. The van der Waals surface area contributed by atoms with Gasteiger partial charge in [0, 0.05) is 34.0 Å². The number of hydrogen-bond acceptors (Lipinski definition) is 7. The van der Waals surface area contributed by atoms with Crippen molar-refractivity contribution < 1.29 is 4.79 Å². The molecule has 0 radical (unpaired) electrons. The number of allylic oxidation sites excluding steroid dienone is 1. The summed E-state index contributed by atoms with van der Waals surface area (Å²) < 4.78 is 1.99. The topological polar surface area (TPSA) is 85.6 Å². The van der Waals surface area contributed by atoms with Crippen LogP contribution in [0.1, 0.15) is 11.1 Å². The van der Waals surface area contributed by atoms with Crippen molar-refractivity contribution in [3.8, 4) is 33.9 Å². The van der Waals surface area contributed by atoms with Crippen LogP contribution in [0.25, 0.3) is 44.8 Å². The van der Waals surface area contributed by atoms with Gasteiger partial charge in [-0.15, -0.1) is 28.1 Å². The molecule has 9 heteroatoms. The van der Waals surface area contributed by atoms with Crippen LogP contribution in [0.2, 0.25) is 0 Å². The molecule has 1 amide bonds. The summed E-state index contributed by atoms with van der Waals surface area (Å²) in [7, 11) is 0. The number of nitrogens with one attached hydrogen (secondary N) is 1. The normalized spacial score (nSPS) is 11.1. The van der Waals surface area contributed by atoms with Gasteiger partial charge in [0.05, 0.1) is 22.7 Å². The van der Waals surface area contributed by atoms with E-state index in [2.05, 4.69) is 65.2 Å². The van der Waals surface area contributed by atoms with Crippen molar-refractivity contribution in [2.45, 2.75) is 25.5 Å². The summed E-state index contributed by atoms with van der Waals surface area (Å²) in [6, 6.07) is 26.4. The molecular formula is C33H28N6OS2. The van der Waals surface area contributed by atoms with E-state index in [1.54, 1.807) is 0 Å². The molecule has 6 rings (SSSR count). The molecule has 3 heterocycles. The number of amides is 1. The summed E-state index contributed by atoms with van der Waals surface area (Å²) in [5.74, 6) is 0.711. The molecule has 0 saturated carbocycles. The van der Waals surface area contributed by atoms with Crippen LogP contribution >= 0.6 is 23.1 Å². The Bertz CT molecular complexity index is 1910. The second-order valence-electron chi connectivity index (χ2n) is 9.82. The number of aryl methyl sites for hydroxylation is 2. The fourth-order valence-electron chi connectivity index (χ4n) is 4.66. The van der Waals surface area contributed by atoms with E-state index in [1.807, 2.05) is 70.6 Å². The Morgan fingerprint density at radius 2 is 1.74 bits per heavy atom. The van der Waals surface area contributed by atoms with Gasteiger partial charge in [-0.25, -0.2) is 9.97 Å². The number of pyridine rings is 1. The van der Waals surface area contributed by atoms with E-state index in [9.17, 15) is 4.79 Å². The highest BCUT2D eigenvalue weighted by atomic mass is 32.2. The average Bonchev–Trinajstić information content (AvgIpc) is 3.64. The smallest absolute Gasteiger partial charge is 0.236 e. The van der Waals surface area contributed by atoms with Gasteiger partial charge in [-0.1, -0.05) is 78.5 Å². The summed E-state index contributed by atoms with van der Waals surface area (Å²) in [4.78, 5) is 22.4. The highest BCUT2D eigenvalue weighted by molar-refractivity contribution is 7.99. The van der Waals surface area contributed by atoms with Crippen LogP contribution in [-0.4, -0.2) is 36.4 Å². The lowest BCUT2D eigenvalue weighted by atomic mass is 10.0. The monoisotopic (exact) mass is 588 g/mol. The third-order valence-electron chi connectivity index (χ3n) is 6.94. The molecule has 0 spiro atoms. The number of hydrogen-bond donors (Lipinski definition) is 1. The molecule has 208 valence electrons. The van der Waals surface area contributed by atoms with E-state index in [0.717, 1.165) is 39.0 Å². The second kappa shape index (κ2) is 12.1. The number of anilines is 1. The predicted octanol–water partition coefficient (Wildman–Crippen LogP) is 7.82. The van der Waals surface area contributed by atoms with Crippen molar-refractivity contribution in [3.05, 3.63) is 108 Å². The van der Waals surface area contributed by atoms with Crippen LogP contribution in [0.5, 0.6) is 0 Å². The first kappa shape index (κ1) is 27.6. The van der Waals surface area contributed by atoms with Gasteiger partial charge < -0.3 is 5.32 Å². The van der Waals surface area contributed by atoms with Crippen molar-refractivity contribution in [1.82, 2.24) is 24.7 Å². The molecule has 0 unspecified atom stereocenters. The zero-order valence-corrected chi connectivity index (χ0v) is 24.9. The SMILES string of the molecule is C=CCn1c(SCC(=O)Nc2nc(-c3ccc(C)c(C)c3)cs2)nnc1-c1cc(-c2ccccc2)nc2ccccc12. The van der Waals surface area contributed by atoms with Gasteiger partial charge in [-0.05, 0) is 43.2 Å². The van der Waals surface area contributed by atoms with E-state index < -0.39 is 0 Å². The number of aromatic nitrogens is 5. The van der Waals surface area contributed by atoms with E-state index in [-0.39, 0.29) is 11.7 Å². The van der Waals surface area contributed by atoms with E-state index in [0.29, 0.717) is 22.7 Å². The van der Waals surface area contributed by atoms with Crippen molar-refractivity contribution in [2.75, 3.05) is 11.1 Å². The molecule has 7 nitrogen and oxygen atoms in total. The first-order valence-electron chi connectivity index (χ1n) is 13.5. The number of rotatable bonds is 9. The third-order valence-corrected chi connectivity index (χ3v) is 8.67. The molecule has 0 aliphatic carbocycles. The van der Waals surface area contributed by atoms with Crippen molar-refractivity contribution in [1.29, 1.82) is 0 Å². The van der Waals surface area contributed by atoms with E-state index >= 15 is 0 Å². The minimum Gasteiger partial charge on any atom is -0.301 e. The third kappa shape index (κ3) is 5.74. The molecule has 3 aromatic heterocycles. The molecular weight excluding hydrogens is 561 g/mol. The molecule has 0 saturated heterocycles. The van der Waals surface area contributed by atoms with Crippen molar-refractivity contribution >= 4 is 45.0 Å². The minimum atomic E-state index is -0.156. The van der Waals surface area contributed by atoms with Gasteiger partial charge in [-0.3, -0.25) is 9.36 Å². The Morgan fingerprint density at radius 1 is 0.929 bits per heavy atom. The highest BCUT2D eigenvalue weighted by Crippen LogP contribution is 2.33. The average molecular weight is 589 g/mol. The Balaban J connectivity index is 1.23. The Kier molecular flexibility index (Phi) is 7.94. The molecule has 0 bridgehead atoms. The fraction of sp³-hybridized carbons (Fsp3) is 0.121. The zero-order chi connectivity index (χ0) is 29.1. The molecule has 1 N–H and O–H groups in total. The summed E-state index contributed by atoms with van der Waals surface area (Å²) in [6.45, 7) is 8.61. The number of fused-ring (bicyclic) bond motifs is 1. The quantitative estimate of drug-likeness (QED) is 0.137. The number of benzene rings is 3. The lowest BCUT2D eigenvalue weighted by Crippen LogP contribution is -2.14. The van der Waals surface area contributed by atoms with Gasteiger partial charge in [0.25, 0.3) is 0 Å². The first-order valence-corrected chi connectivity index (χ1v) is 15.3. The van der Waals surface area contributed by atoms with E-state index in [1.165, 1.54) is 34.2 Å². The number of thioether (sulfide) groups is 1. The van der Waals surface area contributed by atoms with Crippen LogP contribution < -0.4 is 5.32 Å². The van der Waals surface area contributed by atoms with Gasteiger partial charge in [0.1, 0.15) is 0 Å². The largest absolute Gasteiger partial charge is 0.301 e. The number of carbonyl (C=O) groups excluding carboxylic acids is 1. The van der Waals surface area contributed by atoms with Gasteiger partial charge in [0.2, 0.25) is 5.91 Å². The maximum Gasteiger partial charge on any atom is 0.236 e. The molecule has 6 aromatic rings. The Morgan fingerprint density at radius 3 is 2.55 bits per heavy atom. The molecule has 0 aliphatic heterocycles. The summed E-state index contributed by atoms with van der Waals surface area (Å²) >= 11 is 2.75. The predicted molar refractivity (Wildman–Crippen MR) is 173 cm³/mol. The van der Waals surface area contributed by atoms with Crippen LogP contribution in [0, 0.1) is 13.8 Å². The number of nitrogens with zero attached hydrogens (tertiary/aromatic N) is 5. The summed E-state index contributed by atoms with van der Waals surface area (Å²) in [6.07, 6.45) is 1.81. The van der Waals surface area contributed by atoms with Gasteiger partial charge in [-0.2, -0.15) is 0 Å². The summed E-state index contributed by atoms with van der Waals surface area (Å²) in [5.41, 5.74) is 8.01. The lowest BCUT2D eigenvalue weighted by Gasteiger charge is -2.12. The van der Waals surface area contributed by atoms with Crippen molar-refractivity contribution in [2.24, 2.45) is 0 Å². The first-order chi connectivity index (χ1) is 20.5. The molecule has 3 aromatic carbocycles. The Labute approximate surface area is 252 Å². The molecule has 0 aliphatic rings. The lowest BCUT2D eigenvalue weighted by molar-refractivity contribution is -0.113. The van der Waals surface area contributed by atoms with Crippen LogP contribution in [0.3, 0.4) is 0 Å². The van der Waals surface area contributed by atoms with Gasteiger partial charge in [0.15, 0.2) is 16.1 Å². The second-order valence-corrected chi connectivity index (χ2v) is 11.6. The Hall–Kier alpha value is -4.60. The molecule has 0 fully saturated rings. The minimum absolute atomic E-state index is 0.156. The number of carbonyl (C=O) groups is 1. The van der Waals surface area contributed by atoms with Gasteiger partial charge >= 0.3 is 0 Å². The zero-order valence-electron chi connectivity index (χ0n) is 23.2. The maximum atomic E-state index is 12.9. The number of thiazole rings is 1. The molecule has 0 atom stereocenters. The standard InChI is InChI=1S/C33H28N6OS2/c1-4-16-39-31(26-18-28(23-10-6-5-7-11-23)34-27-13-9-8-12-25(26)27)37-38-33(39)42-20-30(40)36-32-35-29(19-41-32)24-15-14-21(2)22(3)17-24/h4-15,17-19H,1,16,20H2,2-3H3,(H,35,36,40). The maximum absolute atomic E-state index is 12.9. The van der Waals surface area contributed by atoms with Crippen LogP contribution in [0.15, 0.2) is 102 Å². The van der Waals surface area contributed by atoms with Crippen LogP contribution in [-0.2, 0) is 11.3 Å². The van der Waals surface area contributed by atoms with E-state index in [4.69, 9.17) is 4.98 Å². The number of para-hydroxylation sites is 1. The van der Waals surface area contributed by atoms with Crippen LogP contribution in [0.4, 0.5) is 5.13 Å². The van der Waals surface area contributed by atoms with Crippen molar-refractivity contribution in [3.63, 3.8) is 0 Å². The summed E-state index contributed by atoms with van der Waals surface area (Å²) in [5, 5.41) is 16.1.